The molecule has 1 aliphatic carbocycles. The van der Waals surface area contributed by atoms with Gasteiger partial charge < -0.3 is 24.8 Å². The van der Waals surface area contributed by atoms with Crippen LogP contribution in [-0.4, -0.2) is 0 Å². The van der Waals surface area contributed by atoms with Crippen molar-refractivity contribution in [3.8, 4) is 33.4 Å². The first-order chi connectivity index (χ1) is 19.6. The van der Waals surface area contributed by atoms with Gasteiger partial charge in [0.2, 0.25) is 0 Å². The molecule has 7 rings (SSSR count). The van der Waals surface area contributed by atoms with Crippen LogP contribution in [0.2, 0.25) is 0 Å². The Labute approximate surface area is 294 Å². The van der Waals surface area contributed by atoms with Crippen LogP contribution in [0.4, 0.5) is 0 Å². The molecule has 1 aliphatic rings. The molecular formula is C41H37Cl2Zr. The quantitative estimate of drug-likeness (QED) is 0.216. The maximum Gasteiger partial charge on any atom is 3.00 e. The summed E-state index contributed by atoms with van der Waals surface area (Å²) in [6.07, 6.45) is 0.912. The van der Waals surface area contributed by atoms with E-state index >= 15 is 0 Å². The summed E-state index contributed by atoms with van der Waals surface area (Å²) >= 11 is 0. The second kappa shape index (κ2) is 12.6. The van der Waals surface area contributed by atoms with Crippen molar-refractivity contribution in [3.63, 3.8) is 0 Å². The monoisotopic (exact) mass is 689 g/mol. The average Bonchev–Trinajstić information content (AvgIpc) is 3.31. The summed E-state index contributed by atoms with van der Waals surface area (Å²) in [6, 6.07) is 42.4. The molecule has 0 heterocycles. The van der Waals surface area contributed by atoms with Crippen LogP contribution in [0.15, 0.2) is 103 Å². The third kappa shape index (κ3) is 5.85. The number of hydrogen-bond acceptors (Lipinski definition) is 0. The fourth-order valence-electron chi connectivity index (χ4n) is 6.75. The Morgan fingerprint density at radius 1 is 0.500 bits per heavy atom. The number of benzene rings is 6. The number of rotatable bonds is 2. The smallest absolute Gasteiger partial charge is 1.00 e. The molecular weight excluding hydrogens is 655 g/mol. The summed E-state index contributed by atoms with van der Waals surface area (Å²) < 4.78 is 0. The van der Waals surface area contributed by atoms with Gasteiger partial charge in [0.25, 0.3) is 0 Å². The summed E-state index contributed by atoms with van der Waals surface area (Å²) in [5.74, 6) is 0. The SMILES string of the molecule is CC(C)(C)c1cc2c([c-]c1-c1cccc3ccccc13)Cc1cc(-c3cccc4ccccc34)c(C(C)(C)C)cc1-2.[Cl-].[Cl-].[Zr+3]. The first kappa shape index (κ1) is 34.2. The molecule has 0 nitrogen and oxygen atoms in total. The summed E-state index contributed by atoms with van der Waals surface area (Å²) in [5, 5.41) is 5.17. The van der Waals surface area contributed by atoms with Gasteiger partial charge in [0.1, 0.15) is 0 Å². The van der Waals surface area contributed by atoms with Gasteiger partial charge >= 0.3 is 26.2 Å². The van der Waals surface area contributed by atoms with Crippen molar-refractivity contribution in [2.45, 2.75) is 58.8 Å². The van der Waals surface area contributed by atoms with Gasteiger partial charge in [-0.2, -0.15) is 0 Å². The molecule has 0 unspecified atom stereocenters. The fraction of sp³-hybridized carbons (Fsp3) is 0.220. The molecule has 3 heteroatoms. The molecule has 0 saturated carbocycles. The van der Waals surface area contributed by atoms with E-state index in [-0.39, 0.29) is 61.8 Å². The molecule has 44 heavy (non-hydrogen) atoms. The minimum atomic E-state index is -0.0175. The van der Waals surface area contributed by atoms with Crippen LogP contribution >= 0.6 is 0 Å². The second-order valence-electron chi connectivity index (χ2n) is 13.7. The Bertz CT molecular complexity index is 1830. The topological polar surface area (TPSA) is 0 Å². The Balaban J connectivity index is 0.00000147. The zero-order valence-electron chi connectivity index (χ0n) is 26.3. The van der Waals surface area contributed by atoms with E-state index in [1.807, 2.05) is 0 Å². The van der Waals surface area contributed by atoms with Crippen molar-refractivity contribution in [3.05, 3.63) is 131 Å². The molecule has 0 saturated heterocycles. The van der Waals surface area contributed by atoms with E-state index in [1.165, 1.54) is 77.2 Å². The van der Waals surface area contributed by atoms with Crippen LogP contribution in [0, 0.1) is 6.07 Å². The zero-order valence-corrected chi connectivity index (χ0v) is 30.2. The Kier molecular flexibility index (Phi) is 9.79. The standard InChI is InChI=1S/C41H37.2ClH.Zr/c1-40(2,3)38-24-34-28(22-36(38)32-19-11-15-26-13-7-9-17-30(26)32)21-29-23-37(39(25-35(29)34)41(4,5)6)33-20-12-16-27-14-8-10-18-31(27)33;;;/h7-20,22,24-25H,21H2,1-6H3;2*1H;/q-1;;;+3/p-2. The van der Waals surface area contributed by atoms with E-state index < -0.39 is 0 Å². The first-order valence-electron chi connectivity index (χ1n) is 14.8. The van der Waals surface area contributed by atoms with Crippen LogP contribution in [0.3, 0.4) is 0 Å². The van der Waals surface area contributed by atoms with Crippen LogP contribution in [0.5, 0.6) is 0 Å². The fourth-order valence-corrected chi connectivity index (χ4v) is 6.75. The molecule has 0 atom stereocenters. The molecule has 6 aromatic rings. The van der Waals surface area contributed by atoms with Gasteiger partial charge in [-0.3, -0.25) is 0 Å². The summed E-state index contributed by atoms with van der Waals surface area (Å²) in [6.45, 7) is 14.0. The van der Waals surface area contributed by atoms with Gasteiger partial charge in [-0.25, -0.2) is 0 Å². The summed E-state index contributed by atoms with van der Waals surface area (Å²) in [4.78, 5) is 0. The van der Waals surface area contributed by atoms with Crippen LogP contribution in [-0.2, 0) is 43.5 Å². The predicted molar refractivity (Wildman–Crippen MR) is 177 cm³/mol. The van der Waals surface area contributed by atoms with Crippen molar-refractivity contribution in [1.29, 1.82) is 0 Å². The van der Waals surface area contributed by atoms with Gasteiger partial charge in [0, 0.05) is 0 Å². The van der Waals surface area contributed by atoms with Crippen molar-refractivity contribution < 1.29 is 51.0 Å². The van der Waals surface area contributed by atoms with Crippen molar-refractivity contribution in [1.82, 2.24) is 0 Å². The third-order valence-electron chi connectivity index (χ3n) is 8.81. The zero-order chi connectivity index (χ0) is 28.5. The van der Waals surface area contributed by atoms with Crippen LogP contribution in [0.1, 0.15) is 63.8 Å². The molecule has 6 aromatic carbocycles. The van der Waals surface area contributed by atoms with Gasteiger partial charge in [0.05, 0.1) is 0 Å². The Morgan fingerprint density at radius 3 is 1.59 bits per heavy atom. The van der Waals surface area contributed by atoms with E-state index in [2.05, 4.69) is 151 Å². The van der Waals surface area contributed by atoms with E-state index in [0.29, 0.717) is 0 Å². The minimum absolute atomic E-state index is 0. The second-order valence-corrected chi connectivity index (χ2v) is 13.7. The molecule has 0 aromatic heterocycles. The average molecular weight is 692 g/mol. The van der Waals surface area contributed by atoms with Crippen molar-refractivity contribution in [2.24, 2.45) is 0 Å². The third-order valence-corrected chi connectivity index (χ3v) is 8.81. The van der Waals surface area contributed by atoms with E-state index in [1.54, 1.807) is 0 Å². The van der Waals surface area contributed by atoms with Gasteiger partial charge in [0.15, 0.2) is 0 Å². The largest absolute Gasteiger partial charge is 3.00 e. The molecule has 0 fully saturated rings. The maximum absolute atomic E-state index is 4.00. The molecule has 0 aliphatic heterocycles. The molecule has 1 radical (unpaired) electrons. The molecule has 219 valence electrons. The Hall–Kier alpha value is -2.70. The summed E-state index contributed by atoms with van der Waals surface area (Å²) in [5.41, 5.74) is 13.4. The van der Waals surface area contributed by atoms with E-state index in [4.69, 9.17) is 0 Å². The number of hydrogen-bond donors (Lipinski definition) is 0. The predicted octanol–water partition coefficient (Wildman–Crippen LogP) is 5.30. The van der Waals surface area contributed by atoms with Crippen molar-refractivity contribution >= 4 is 21.5 Å². The van der Waals surface area contributed by atoms with E-state index in [9.17, 15) is 0 Å². The van der Waals surface area contributed by atoms with Gasteiger partial charge in [-0.1, -0.05) is 161 Å². The molecule has 0 bridgehead atoms. The van der Waals surface area contributed by atoms with E-state index in [0.717, 1.165) is 6.42 Å². The first-order valence-corrected chi connectivity index (χ1v) is 14.8. The maximum atomic E-state index is 4.00. The van der Waals surface area contributed by atoms with Crippen LogP contribution < -0.4 is 24.8 Å². The molecule has 0 amide bonds. The normalized spacial score (nSPS) is 12.1. The number of fused-ring (bicyclic) bond motifs is 5. The van der Waals surface area contributed by atoms with Crippen LogP contribution in [0.25, 0.3) is 54.9 Å². The number of halogens is 2. The minimum Gasteiger partial charge on any atom is -1.00 e. The van der Waals surface area contributed by atoms with Gasteiger partial charge in [-0.15, -0.1) is 28.8 Å². The van der Waals surface area contributed by atoms with Crippen molar-refractivity contribution in [2.75, 3.05) is 0 Å². The summed E-state index contributed by atoms with van der Waals surface area (Å²) in [7, 11) is 0. The Morgan fingerprint density at radius 2 is 1.00 bits per heavy atom. The molecule has 0 spiro atoms. The molecule has 0 N–H and O–H groups in total. The van der Waals surface area contributed by atoms with Gasteiger partial charge in [-0.05, 0) is 55.7 Å².